The summed E-state index contributed by atoms with van der Waals surface area (Å²) in [5.74, 6) is 0.173. The van der Waals surface area contributed by atoms with E-state index in [1.807, 2.05) is 47.4 Å². The van der Waals surface area contributed by atoms with Crippen LogP contribution in [0.25, 0.3) is 6.08 Å². The standard InChI is InChI=1S/C19H27N3O3S/c1-20(2)26(24,25)22-13-10-19(11-14-22)15-18(23)21(16-19)12-6-9-17-7-4-3-5-8-17/h3-9H,10-16H2,1-2H3/b9-6+. The van der Waals surface area contributed by atoms with Crippen LogP contribution in [0.3, 0.4) is 0 Å². The number of carbonyl (C=O) groups is 1. The van der Waals surface area contributed by atoms with Crippen LogP contribution in [0.5, 0.6) is 0 Å². The van der Waals surface area contributed by atoms with Gasteiger partial charge in [0.1, 0.15) is 0 Å². The number of piperidine rings is 1. The Labute approximate surface area is 156 Å². The third kappa shape index (κ3) is 4.00. The van der Waals surface area contributed by atoms with Crippen LogP contribution >= 0.6 is 0 Å². The second kappa shape index (κ2) is 7.50. The van der Waals surface area contributed by atoms with Gasteiger partial charge >= 0.3 is 0 Å². The maximum absolute atomic E-state index is 12.4. The van der Waals surface area contributed by atoms with Crippen molar-refractivity contribution in [1.29, 1.82) is 0 Å². The fourth-order valence-electron chi connectivity index (χ4n) is 3.79. The molecule has 0 saturated carbocycles. The van der Waals surface area contributed by atoms with E-state index in [-0.39, 0.29) is 11.3 Å². The van der Waals surface area contributed by atoms with Crippen LogP contribution < -0.4 is 0 Å². The molecule has 0 aliphatic carbocycles. The highest BCUT2D eigenvalue weighted by Gasteiger charge is 2.46. The average molecular weight is 378 g/mol. The van der Waals surface area contributed by atoms with Gasteiger partial charge in [0.15, 0.2) is 0 Å². The molecule has 1 amide bonds. The SMILES string of the molecule is CN(C)S(=O)(=O)N1CCC2(CC1)CC(=O)N(C/C=C/c1ccccc1)C2. The van der Waals surface area contributed by atoms with Crippen molar-refractivity contribution in [2.75, 3.05) is 40.3 Å². The van der Waals surface area contributed by atoms with E-state index in [0.29, 0.717) is 26.1 Å². The Hall–Kier alpha value is -1.70. The zero-order chi connectivity index (χ0) is 18.8. The summed E-state index contributed by atoms with van der Waals surface area (Å²) in [6, 6.07) is 10.0. The van der Waals surface area contributed by atoms with E-state index >= 15 is 0 Å². The summed E-state index contributed by atoms with van der Waals surface area (Å²) in [5, 5.41) is 0. The first-order chi connectivity index (χ1) is 12.3. The van der Waals surface area contributed by atoms with Crippen LogP contribution in [0.15, 0.2) is 36.4 Å². The van der Waals surface area contributed by atoms with Gasteiger partial charge in [-0.1, -0.05) is 42.5 Å². The Morgan fingerprint density at radius 2 is 1.81 bits per heavy atom. The van der Waals surface area contributed by atoms with Crippen molar-refractivity contribution in [1.82, 2.24) is 13.5 Å². The van der Waals surface area contributed by atoms with Crippen LogP contribution in [0.4, 0.5) is 0 Å². The minimum atomic E-state index is -3.36. The second-order valence-corrected chi connectivity index (χ2v) is 9.60. The molecule has 7 heteroatoms. The van der Waals surface area contributed by atoms with Crippen LogP contribution in [0.2, 0.25) is 0 Å². The van der Waals surface area contributed by atoms with Crippen LogP contribution in [-0.2, 0) is 15.0 Å². The molecule has 6 nitrogen and oxygen atoms in total. The molecular formula is C19H27N3O3S. The van der Waals surface area contributed by atoms with E-state index < -0.39 is 10.2 Å². The van der Waals surface area contributed by atoms with Crippen molar-refractivity contribution < 1.29 is 13.2 Å². The molecule has 142 valence electrons. The monoisotopic (exact) mass is 377 g/mol. The molecule has 3 rings (SSSR count). The summed E-state index contributed by atoms with van der Waals surface area (Å²) >= 11 is 0. The maximum Gasteiger partial charge on any atom is 0.281 e. The quantitative estimate of drug-likeness (QED) is 0.786. The highest BCUT2D eigenvalue weighted by atomic mass is 32.2. The van der Waals surface area contributed by atoms with Crippen LogP contribution in [-0.4, -0.2) is 68.1 Å². The number of likely N-dealkylation sites (tertiary alicyclic amines) is 1. The summed E-state index contributed by atoms with van der Waals surface area (Å²) in [4.78, 5) is 14.3. The van der Waals surface area contributed by atoms with Crippen molar-refractivity contribution in [3.8, 4) is 0 Å². The third-order valence-electron chi connectivity index (χ3n) is 5.41. The largest absolute Gasteiger partial charge is 0.338 e. The molecule has 2 heterocycles. The van der Waals surface area contributed by atoms with Crippen molar-refractivity contribution in [3.05, 3.63) is 42.0 Å². The number of amides is 1. The molecule has 2 aliphatic rings. The summed E-state index contributed by atoms with van der Waals surface area (Å²) in [7, 11) is -0.251. The zero-order valence-corrected chi connectivity index (χ0v) is 16.3. The smallest absolute Gasteiger partial charge is 0.281 e. The zero-order valence-electron chi connectivity index (χ0n) is 15.5. The van der Waals surface area contributed by atoms with Gasteiger partial charge in [0.05, 0.1) is 0 Å². The molecule has 2 saturated heterocycles. The molecule has 0 unspecified atom stereocenters. The second-order valence-electron chi connectivity index (χ2n) is 7.45. The molecular weight excluding hydrogens is 350 g/mol. The van der Waals surface area contributed by atoms with Gasteiger partial charge in [0, 0.05) is 46.7 Å². The van der Waals surface area contributed by atoms with Gasteiger partial charge in [-0.3, -0.25) is 4.79 Å². The molecule has 1 spiro atoms. The Morgan fingerprint density at radius 3 is 2.42 bits per heavy atom. The van der Waals surface area contributed by atoms with Crippen molar-refractivity contribution >= 4 is 22.2 Å². The van der Waals surface area contributed by atoms with Gasteiger partial charge in [-0.15, -0.1) is 0 Å². The lowest BCUT2D eigenvalue weighted by atomic mass is 9.78. The minimum absolute atomic E-state index is 0.0734. The molecule has 0 atom stereocenters. The lowest BCUT2D eigenvalue weighted by Gasteiger charge is -2.38. The van der Waals surface area contributed by atoms with Crippen LogP contribution in [0, 0.1) is 5.41 Å². The summed E-state index contributed by atoms with van der Waals surface area (Å²) in [5.41, 5.74) is 1.05. The molecule has 2 aliphatic heterocycles. The number of carbonyl (C=O) groups excluding carboxylic acids is 1. The van der Waals surface area contributed by atoms with Crippen molar-refractivity contribution in [3.63, 3.8) is 0 Å². The number of hydrogen-bond acceptors (Lipinski definition) is 3. The molecule has 0 radical (unpaired) electrons. The summed E-state index contributed by atoms with van der Waals surface area (Å²) in [6.45, 7) is 2.30. The van der Waals surface area contributed by atoms with Crippen molar-refractivity contribution in [2.45, 2.75) is 19.3 Å². The average Bonchev–Trinajstić information content (AvgIpc) is 2.91. The normalized spacial score (nSPS) is 21.3. The maximum atomic E-state index is 12.4. The molecule has 1 aromatic carbocycles. The lowest BCUT2D eigenvalue weighted by molar-refractivity contribution is -0.127. The molecule has 26 heavy (non-hydrogen) atoms. The number of rotatable bonds is 5. The van der Waals surface area contributed by atoms with Gasteiger partial charge in [-0.25, -0.2) is 0 Å². The van der Waals surface area contributed by atoms with E-state index in [9.17, 15) is 13.2 Å². The lowest BCUT2D eigenvalue weighted by Crippen LogP contribution is -2.48. The summed E-state index contributed by atoms with van der Waals surface area (Å²) in [6.07, 6.45) is 6.07. The molecule has 0 aromatic heterocycles. The predicted molar refractivity (Wildman–Crippen MR) is 103 cm³/mol. The van der Waals surface area contributed by atoms with E-state index in [1.165, 1.54) is 8.61 Å². The molecule has 0 N–H and O–H groups in total. The van der Waals surface area contributed by atoms with E-state index in [4.69, 9.17) is 0 Å². The first-order valence-electron chi connectivity index (χ1n) is 8.99. The third-order valence-corrected chi connectivity index (χ3v) is 7.35. The van der Waals surface area contributed by atoms with Gasteiger partial charge < -0.3 is 4.90 Å². The van der Waals surface area contributed by atoms with E-state index in [1.54, 1.807) is 14.1 Å². The Bertz CT molecular complexity index is 766. The topological polar surface area (TPSA) is 60.9 Å². The first kappa shape index (κ1) is 19.1. The van der Waals surface area contributed by atoms with Gasteiger partial charge in [-0.05, 0) is 23.8 Å². The minimum Gasteiger partial charge on any atom is -0.338 e. The highest BCUT2D eigenvalue weighted by Crippen LogP contribution is 2.41. The fourth-order valence-corrected chi connectivity index (χ4v) is 4.89. The number of nitrogens with zero attached hydrogens (tertiary/aromatic N) is 3. The molecule has 0 bridgehead atoms. The number of hydrogen-bond donors (Lipinski definition) is 0. The van der Waals surface area contributed by atoms with E-state index in [0.717, 1.165) is 24.9 Å². The molecule has 1 aromatic rings. The van der Waals surface area contributed by atoms with Crippen LogP contribution in [0.1, 0.15) is 24.8 Å². The Balaban J connectivity index is 1.57. The van der Waals surface area contributed by atoms with Crippen molar-refractivity contribution in [2.24, 2.45) is 5.41 Å². The summed E-state index contributed by atoms with van der Waals surface area (Å²) < 4.78 is 27.3. The van der Waals surface area contributed by atoms with Gasteiger partial charge in [0.25, 0.3) is 10.2 Å². The predicted octanol–water partition coefficient (Wildman–Crippen LogP) is 1.82. The Kier molecular flexibility index (Phi) is 5.50. The highest BCUT2D eigenvalue weighted by molar-refractivity contribution is 7.86. The molecule has 2 fully saturated rings. The van der Waals surface area contributed by atoms with Gasteiger partial charge in [-0.2, -0.15) is 17.0 Å². The Morgan fingerprint density at radius 1 is 1.15 bits per heavy atom. The van der Waals surface area contributed by atoms with E-state index in [2.05, 4.69) is 0 Å². The van der Waals surface area contributed by atoms with Gasteiger partial charge in [0.2, 0.25) is 5.91 Å². The first-order valence-corrected chi connectivity index (χ1v) is 10.4. The fraction of sp³-hybridized carbons (Fsp3) is 0.526. The number of benzene rings is 1.